The van der Waals surface area contributed by atoms with E-state index in [1.54, 1.807) is 0 Å². The van der Waals surface area contributed by atoms with Crippen molar-refractivity contribution in [3.8, 4) is 0 Å². The highest BCUT2D eigenvalue weighted by Gasteiger charge is 2.35. The monoisotopic (exact) mass is 221 g/mol. The van der Waals surface area contributed by atoms with E-state index >= 15 is 0 Å². The Balaban J connectivity index is 1.75. The van der Waals surface area contributed by atoms with E-state index in [4.69, 9.17) is 0 Å². The first-order chi connectivity index (χ1) is 7.85. The molecule has 0 saturated heterocycles. The van der Waals surface area contributed by atoms with Crippen molar-refractivity contribution in [1.29, 1.82) is 0 Å². The van der Waals surface area contributed by atoms with Crippen molar-refractivity contribution >= 4 is 0 Å². The fourth-order valence-electron chi connectivity index (χ4n) is 2.36. The van der Waals surface area contributed by atoms with Crippen molar-refractivity contribution in [2.24, 2.45) is 5.92 Å². The zero-order valence-electron chi connectivity index (χ0n) is 10.4. The lowest BCUT2D eigenvalue weighted by molar-refractivity contribution is 0.566. The SMILES string of the molecule is CCCC1CC1NCc1cncn1CCC. The van der Waals surface area contributed by atoms with Crippen LogP contribution in [-0.2, 0) is 13.1 Å². The van der Waals surface area contributed by atoms with Crippen molar-refractivity contribution < 1.29 is 0 Å². The quantitative estimate of drug-likeness (QED) is 0.767. The van der Waals surface area contributed by atoms with Crippen molar-refractivity contribution in [2.75, 3.05) is 0 Å². The highest BCUT2D eigenvalue weighted by atomic mass is 15.1. The number of aryl methyl sites for hydroxylation is 1. The first-order valence-corrected chi connectivity index (χ1v) is 6.57. The van der Waals surface area contributed by atoms with Crippen LogP contribution in [0.2, 0.25) is 0 Å². The van der Waals surface area contributed by atoms with Gasteiger partial charge >= 0.3 is 0 Å². The molecule has 1 aromatic heterocycles. The minimum Gasteiger partial charge on any atom is -0.333 e. The Bertz CT molecular complexity index is 319. The zero-order valence-corrected chi connectivity index (χ0v) is 10.4. The molecule has 3 nitrogen and oxygen atoms in total. The molecule has 16 heavy (non-hydrogen) atoms. The Morgan fingerprint density at radius 1 is 1.44 bits per heavy atom. The van der Waals surface area contributed by atoms with Crippen LogP contribution in [0.15, 0.2) is 12.5 Å². The van der Waals surface area contributed by atoms with Crippen molar-refractivity contribution in [3.05, 3.63) is 18.2 Å². The van der Waals surface area contributed by atoms with Crippen LogP contribution in [0.25, 0.3) is 0 Å². The maximum Gasteiger partial charge on any atom is 0.0948 e. The minimum atomic E-state index is 0.768. The number of hydrogen-bond acceptors (Lipinski definition) is 2. The summed E-state index contributed by atoms with van der Waals surface area (Å²) in [6.45, 7) is 6.53. The molecule has 1 aliphatic carbocycles. The molecule has 1 aromatic rings. The standard InChI is InChI=1S/C13H23N3/c1-3-5-11-7-13(11)15-9-12-8-14-10-16(12)6-4-2/h8,10-11,13,15H,3-7,9H2,1-2H3. The normalized spacial score (nSPS) is 23.6. The molecule has 0 bridgehead atoms. The number of nitrogens with zero attached hydrogens (tertiary/aromatic N) is 2. The Hall–Kier alpha value is -0.830. The molecule has 0 aromatic carbocycles. The number of imidazole rings is 1. The molecular formula is C13H23N3. The number of aromatic nitrogens is 2. The van der Waals surface area contributed by atoms with Crippen LogP contribution in [0.4, 0.5) is 0 Å². The summed E-state index contributed by atoms with van der Waals surface area (Å²) in [5.41, 5.74) is 1.32. The van der Waals surface area contributed by atoms with Crippen LogP contribution in [0.3, 0.4) is 0 Å². The third-order valence-corrected chi connectivity index (χ3v) is 3.39. The van der Waals surface area contributed by atoms with Gasteiger partial charge in [-0.2, -0.15) is 0 Å². The predicted molar refractivity (Wildman–Crippen MR) is 66.2 cm³/mol. The summed E-state index contributed by atoms with van der Waals surface area (Å²) in [5.74, 6) is 0.938. The van der Waals surface area contributed by atoms with E-state index < -0.39 is 0 Å². The fourth-order valence-corrected chi connectivity index (χ4v) is 2.36. The van der Waals surface area contributed by atoms with E-state index in [9.17, 15) is 0 Å². The Kier molecular flexibility index (Phi) is 3.99. The van der Waals surface area contributed by atoms with Crippen LogP contribution in [0, 0.1) is 5.92 Å². The Morgan fingerprint density at radius 3 is 3.06 bits per heavy atom. The van der Waals surface area contributed by atoms with Crippen LogP contribution in [0.5, 0.6) is 0 Å². The molecule has 2 rings (SSSR count). The smallest absolute Gasteiger partial charge is 0.0948 e. The van der Waals surface area contributed by atoms with E-state index in [0.29, 0.717) is 0 Å². The molecule has 0 amide bonds. The van der Waals surface area contributed by atoms with Crippen LogP contribution < -0.4 is 5.32 Å². The molecule has 1 heterocycles. The second-order valence-corrected chi connectivity index (χ2v) is 4.85. The van der Waals surface area contributed by atoms with E-state index in [2.05, 4.69) is 28.7 Å². The molecule has 1 fully saturated rings. The zero-order chi connectivity index (χ0) is 11.4. The molecule has 1 N–H and O–H groups in total. The molecule has 0 radical (unpaired) electrons. The predicted octanol–water partition coefficient (Wildman–Crippen LogP) is 2.57. The first kappa shape index (κ1) is 11.6. The number of hydrogen-bond donors (Lipinski definition) is 1. The topological polar surface area (TPSA) is 29.9 Å². The van der Waals surface area contributed by atoms with E-state index in [1.165, 1.54) is 31.4 Å². The summed E-state index contributed by atoms with van der Waals surface area (Å²) in [7, 11) is 0. The number of nitrogens with one attached hydrogen (secondary N) is 1. The average molecular weight is 221 g/mol. The van der Waals surface area contributed by atoms with Gasteiger partial charge in [0.1, 0.15) is 0 Å². The minimum absolute atomic E-state index is 0.768. The van der Waals surface area contributed by atoms with Gasteiger partial charge in [0, 0.05) is 25.3 Å². The van der Waals surface area contributed by atoms with Crippen LogP contribution in [0.1, 0.15) is 45.2 Å². The maximum atomic E-state index is 4.22. The Labute approximate surface area is 98.3 Å². The van der Waals surface area contributed by atoms with E-state index in [0.717, 1.165) is 25.0 Å². The van der Waals surface area contributed by atoms with Crippen LogP contribution in [-0.4, -0.2) is 15.6 Å². The van der Waals surface area contributed by atoms with E-state index in [1.807, 2.05) is 12.5 Å². The molecule has 2 unspecified atom stereocenters. The molecule has 2 atom stereocenters. The van der Waals surface area contributed by atoms with Crippen molar-refractivity contribution in [3.63, 3.8) is 0 Å². The summed E-state index contributed by atoms with van der Waals surface area (Å²) < 4.78 is 2.25. The Morgan fingerprint density at radius 2 is 2.31 bits per heavy atom. The van der Waals surface area contributed by atoms with Gasteiger partial charge < -0.3 is 9.88 Å². The molecule has 1 aliphatic rings. The molecule has 90 valence electrons. The third kappa shape index (κ3) is 2.85. The molecule has 3 heteroatoms. The third-order valence-electron chi connectivity index (χ3n) is 3.39. The summed E-state index contributed by atoms with van der Waals surface area (Å²) in [6.07, 6.45) is 9.17. The summed E-state index contributed by atoms with van der Waals surface area (Å²) in [5, 5.41) is 3.63. The van der Waals surface area contributed by atoms with Gasteiger partial charge in [0.2, 0.25) is 0 Å². The average Bonchev–Trinajstić information content (AvgIpc) is 2.86. The lowest BCUT2D eigenvalue weighted by Gasteiger charge is -2.07. The van der Waals surface area contributed by atoms with Crippen molar-refractivity contribution in [1.82, 2.24) is 14.9 Å². The number of rotatable bonds is 7. The molecule has 1 saturated carbocycles. The second kappa shape index (κ2) is 5.48. The fraction of sp³-hybridized carbons (Fsp3) is 0.769. The molecule has 0 aliphatic heterocycles. The van der Waals surface area contributed by atoms with Gasteiger partial charge in [0.25, 0.3) is 0 Å². The van der Waals surface area contributed by atoms with E-state index in [-0.39, 0.29) is 0 Å². The van der Waals surface area contributed by atoms with Gasteiger partial charge in [-0.3, -0.25) is 0 Å². The summed E-state index contributed by atoms with van der Waals surface area (Å²) >= 11 is 0. The maximum absolute atomic E-state index is 4.22. The van der Waals surface area contributed by atoms with Gasteiger partial charge in [-0.25, -0.2) is 4.98 Å². The summed E-state index contributed by atoms with van der Waals surface area (Å²) in [4.78, 5) is 4.22. The van der Waals surface area contributed by atoms with Crippen LogP contribution >= 0.6 is 0 Å². The van der Waals surface area contributed by atoms with Gasteiger partial charge in [0.05, 0.1) is 12.0 Å². The second-order valence-electron chi connectivity index (χ2n) is 4.85. The van der Waals surface area contributed by atoms with Gasteiger partial charge in [-0.1, -0.05) is 20.3 Å². The molecule has 0 spiro atoms. The van der Waals surface area contributed by atoms with Gasteiger partial charge in [-0.05, 0) is 25.2 Å². The lowest BCUT2D eigenvalue weighted by atomic mass is 10.2. The van der Waals surface area contributed by atoms with Gasteiger partial charge in [-0.15, -0.1) is 0 Å². The highest BCUT2D eigenvalue weighted by molar-refractivity contribution is 5.01. The summed E-state index contributed by atoms with van der Waals surface area (Å²) in [6, 6.07) is 0.768. The largest absolute Gasteiger partial charge is 0.333 e. The first-order valence-electron chi connectivity index (χ1n) is 6.57. The van der Waals surface area contributed by atoms with Crippen molar-refractivity contribution in [2.45, 2.75) is 58.7 Å². The lowest BCUT2D eigenvalue weighted by Crippen LogP contribution is -2.19. The highest BCUT2D eigenvalue weighted by Crippen LogP contribution is 2.34. The van der Waals surface area contributed by atoms with Gasteiger partial charge in [0.15, 0.2) is 0 Å². The molecular weight excluding hydrogens is 198 g/mol.